The van der Waals surface area contributed by atoms with Crippen LogP contribution in [0.2, 0.25) is 0 Å². The molecule has 4 aromatic heterocycles. The molecule has 0 fully saturated rings. The quantitative estimate of drug-likeness (QED) is 0.156. The molecular weight excluding hydrogens is 768 g/mol. The molecule has 0 aliphatic rings. The van der Waals surface area contributed by atoms with Crippen LogP contribution >= 0.6 is 0 Å². The Morgan fingerprint density at radius 3 is 1.98 bits per heavy atom. The van der Waals surface area contributed by atoms with E-state index in [-0.39, 0.29) is 21.1 Å². The van der Waals surface area contributed by atoms with Crippen molar-refractivity contribution in [3.8, 4) is 22.8 Å². The number of furan rings is 2. The van der Waals surface area contributed by atoms with Gasteiger partial charge in [0.2, 0.25) is 0 Å². The van der Waals surface area contributed by atoms with Crippen molar-refractivity contribution in [1.29, 1.82) is 0 Å². The minimum absolute atomic E-state index is 0. The largest absolute Gasteiger partial charge is 2.00 e. The Morgan fingerprint density at radius 1 is 0.681 bits per heavy atom. The van der Waals surface area contributed by atoms with E-state index < -0.39 is 0 Å². The van der Waals surface area contributed by atoms with Gasteiger partial charge in [0.05, 0.1) is 22.7 Å². The zero-order valence-electron chi connectivity index (χ0n) is 25.0. The number of aromatic nitrogens is 3. The van der Waals surface area contributed by atoms with E-state index in [4.69, 9.17) is 18.6 Å². The Morgan fingerprint density at radius 2 is 1.32 bits per heavy atom. The van der Waals surface area contributed by atoms with Crippen molar-refractivity contribution in [1.82, 2.24) is 14.8 Å². The number of ether oxygens (including phenoxy) is 1. The summed E-state index contributed by atoms with van der Waals surface area (Å²) in [7, 11) is 1.89. The van der Waals surface area contributed by atoms with E-state index in [9.17, 15) is 0 Å². The zero-order chi connectivity index (χ0) is 30.6. The van der Waals surface area contributed by atoms with E-state index in [2.05, 4.69) is 28.2 Å². The van der Waals surface area contributed by atoms with Crippen LogP contribution in [0, 0.1) is 12.1 Å². The first-order chi connectivity index (χ1) is 22.7. The van der Waals surface area contributed by atoms with Crippen molar-refractivity contribution in [3.63, 3.8) is 0 Å². The van der Waals surface area contributed by atoms with Gasteiger partial charge in [0.15, 0.2) is 0 Å². The summed E-state index contributed by atoms with van der Waals surface area (Å²) < 4.78 is 21.4. The maximum absolute atomic E-state index is 6.82. The zero-order valence-corrected chi connectivity index (χ0v) is 27.2. The first-order valence-electron chi connectivity index (χ1n) is 14.9. The molecule has 4 heterocycles. The van der Waals surface area contributed by atoms with Gasteiger partial charge in [0.25, 0.3) is 0 Å². The maximum Gasteiger partial charge on any atom is 2.00 e. The fourth-order valence-corrected chi connectivity index (χ4v) is 5.98. The molecule has 0 bridgehead atoms. The van der Waals surface area contributed by atoms with Crippen molar-refractivity contribution in [3.05, 3.63) is 140 Å². The molecule has 0 radical (unpaired) electrons. The van der Waals surface area contributed by atoms with E-state index >= 15 is 0 Å². The Labute approximate surface area is 283 Å². The van der Waals surface area contributed by atoms with Gasteiger partial charge in [-0.3, -0.25) is 4.68 Å². The van der Waals surface area contributed by atoms with Gasteiger partial charge in [-0.2, -0.15) is 0 Å². The van der Waals surface area contributed by atoms with Gasteiger partial charge in [-0.05, 0) is 36.4 Å². The number of benzene rings is 5. The molecule has 9 rings (SSSR count). The molecule has 0 aliphatic heterocycles. The van der Waals surface area contributed by atoms with Crippen LogP contribution in [0.3, 0.4) is 0 Å². The molecule has 0 amide bonds. The molecule has 0 N–H and O–H groups in total. The van der Waals surface area contributed by atoms with Gasteiger partial charge < -0.3 is 18.5 Å². The number of anilines is 3. The van der Waals surface area contributed by atoms with E-state index in [0.29, 0.717) is 22.7 Å². The van der Waals surface area contributed by atoms with Gasteiger partial charge in [0, 0.05) is 41.6 Å². The van der Waals surface area contributed by atoms with Gasteiger partial charge >= 0.3 is 21.1 Å². The minimum atomic E-state index is 0. The predicted molar refractivity (Wildman–Crippen MR) is 180 cm³/mol. The fraction of sp³-hybridized carbons (Fsp3) is 0.0256. The molecule has 8 heteroatoms. The Bertz CT molecular complexity index is 2500. The summed E-state index contributed by atoms with van der Waals surface area (Å²) in [6, 6.07) is 44.9. The normalized spacial score (nSPS) is 11.3. The summed E-state index contributed by atoms with van der Waals surface area (Å²) in [4.78, 5) is 6.75. The van der Waals surface area contributed by atoms with Crippen molar-refractivity contribution < 1.29 is 34.6 Å². The Hall–Kier alpha value is -5.65. The Balaban J connectivity index is 0.00000324. The second-order valence-corrected chi connectivity index (χ2v) is 11.0. The average molecular weight is 792 g/mol. The summed E-state index contributed by atoms with van der Waals surface area (Å²) in [5.74, 6) is 1.55. The summed E-state index contributed by atoms with van der Waals surface area (Å²) >= 11 is 0. The smallest absolute Gasteiger partial charge is 0.512 e. The monoisotopic (exact) mass is 791 g/mol. The number of nitrogens with zero attached hydrogens (tertiary/aromatic N) is 4. The summed E-state index contributed by atoms with van der Waals surface area (Å²) in [6.07, 6.45) is 3.69. The van der Waals surface area contributed by atoms with Crippen LogP contribution in [-0.4, -0.2) is 14.8 Å². The molecule has 0 unspecified atom stereocenters. The van der Waals surface area contributed by atoms with Gasteiger partial charge in [-0.25, -0.2) is 10.1 Å². The molecule has 0 saturated carbocycles. The van der Waals surface area contributed by atoms with Crippen LogP contribution in [0.1, 0.15) is 0 Å². The van der Waals surface area contributed by atoms with Crippen molar-refractivity contribution in [2.45, 2.75) is 0 Å². The standard InChI is InChI=1S/C39H24N4O3.Pt/c1-42-20-18-32(41-42)25-21-30-28-13-5-7-15-33(28)45-38(30)35(22-25)44-36-24-27(23-31-29-14-6-8-16-34(29)46-39(31)36)43(26-11-3-2-4-12-26)37-17-9-10-19-40-37;/h2-21,23H,1H3;/q-2;+2. The topological polar surface area (TPSA) is 69.5 Å². The summed E-state index contributed by atoms with van der Waals surface area (Å²) in [5, 5.41) is 8.38. The summed E-state index contributed by atoms with van der Waals surface area (Å²) in [6.45, 7) is 0. The van der Waals surface area contributed by atoms with Crippen molar-refractivity contribution in [2.75, 3.05) is 4.90 Å². The second-order valence-electron chi connectivity index (χ2n) is 11.0. The molecule has 7 nitrogen and oxygen atoms in total. The summed E-state index contributed by atoms with van der Waals surface area (Å²) in [5.41, 5.74) is 5.87. The molecule has 228 valence electrons. The predicted octanol–water partition coefficient (Wildman–Crippen LogP) is 10.1. The minimum Gasteiger partial charge on any atom is -0.512 e. The van der Waals surface area contributed by atoms with Crippen LogP contribution in [0.25, 0.3) is 55.1 Å². The first kappa shape index (κ1) is 28.8. The van der Waals surface area contributed by atoms with Crippen LogP contribution in [0.5, 0.6) is 11.5 Å². The molecule has 0 spiro atoms. The van der Waals surface area contributed by atoms with E-state index in [1.54, 1.807) is 10.9 Å². The van der Waals surface area contributed by atoms with Crippen LogP contribution in [0.15, 0.2) is 136 Å². The average Bonchev–Trinajstić information content (AvgIpc) is 3.81. The maximum atomic E-state index is 6.82. The van der Waals surface area contributed by atoms with Crippen LogP contribution in [-0.2, 0) is 28.1 Å². The number of rotatable bonds is 6. The van der Waals surface area contributed by atoms with Crippen LogP contribution < -0.4 is 9.64 Å². The van der Waals surface area contributed by atoms with Crippen molar-refractivity contribution >= 4 is 61.1 Å². The third kappa shape index (κ3) is 4.96. The number of fused-ring (bicyclic) bond motifs is 6. The molecule has 47 heavy (non-hydrogen) atoms. The van der Waals surface area contributed by atoms with Crippen molar-refractivity contribution in [2.24, 2.45) is 7.05 Å². The van der Waals surface area contributed by atoms with E-state index in [1.807, 2.05) is 122 Å². The first-order valence-corrected chi connectivity index (χ1v) is 14.9. The number of hydrogen-bond acceptors (Lipinski definition) is 6. The molecule has 9 aromatic rings. The van der Waals surface area contributed by atoms with Gasteiger partial charge in [-0.1, -0.05) is 89.3 Å². The number of aryl methyl sites for hydroxylation is 1. The second kappa shape index (κ2) is 11.6. The van der Waals surface area contributed by atoms with E-state index in [0.717, 1.165) is 61.2 Å². The number of hydrogen-bond donors (Lipinski definition) is 0. The molecule has 0 atom stereocenters. The number of pyridine rings is 1. The molecule has 0 saturated heterocycles. The Kier molecular flexibility index (Phi) is 7.11. The third-order valence-corrected chi connectivity index (χ3v) is 8.07. The third-order valence-electron chi connectivity index (χ3n) is 8.07. The molecular formula is C39H24N4O3Pt. The SMILES string of the molecule is Cn1ccc(-c2[c-]c(Oc3[c-]c(N(c4ccccc4)c4ccccn4)cc4c3oc3ccccc34)c3oc4ccccc4c3c2)n1.[Pt+2]. The molecule has 5 aromatic carbocycles. The molecule has 0 aliphatic carbocycles. The number of para-hydroxylation sites is 3. The van der Waals surface area contributed by atoms with Gasteiger partial charge in [0.1, 0.15) is 17.0 Å². The van der Waals surface area contributed by atoms with Gasteiger partial charge in [-0.15, -0.1) is 23.8 Å². The fourth-order valence-electron chi connectivity index (χ4n) is 5.98. The van der Waals surface area contributed by atoms with Crippen LogP contribution in [0.4, 0.5) is 17.2 Å². The van der Waals surface area contributed by atoms with E-state index in [1.165, 1.54) is 0 Å².